The highest BCUT2D eigenvalue weighted by molar-refractivity contribution is 7.17. The summed E-state index contributed by atoms with van der Waals surface area (Å²) in [7, 11) is 1.49. The van der Waals surface area contributed by atoms with Gasteiger partial charge in [0, 0.05) is 10.7 Å². The highest BCUT2D eigenvalue weighted by atomic mass is 35.5. The van der Waals surface area contributed by atoms with Gasteiger partial charge in [-0.2, -0.15) is 0 Å². The van der Waals surface area contributed by atoms with Crippen LogP contribution in [0.4, 0.5) is 5.69 Å². The number of amides is 1. The second kappa shape index (κ2) is 8.58. The lowest BCUT2D eigenvalue weighted by Gasteiger charge is -2.13. The lowest BCUT2D eigenvalue weighted by atomic mass is 10.3. The summed E-state index contributed by atoms with van der Waals surface area (Å²) in [6, 6.07) is 12.9. The van der Waals surface area contributed by atoms with Crippen molar-refractivity contribution in [2.75, 3.05) is 12.4 Å². The SMILES string of the molecule is COc1ccc(NC(=O)Cn2c(=O)n(-c3cccc(Cl)c3)c(=O)c3sccc32)cc1Cl. The van der Waals surface area contributed by atoms with Gasteiger partial charge in [-0.25, -0.2) is 9.36 Å². The number of halogens is 2. The summed E-state index contributed by atoms with van der Waals surface area (Å²) in [4.78, 5) is 38.8. The number of anilines is 1. The Hall–Kier alpha value is -3.07. The Balaban J connectivity index is 1.75. The van der Waals surface area contributed by atoms with Crippen molar-refractivity contribution in [2.24, 2.45) is 0 Å². The summed E-state index contributed by atoms with van der Waals surface area (Å²) >= 11 is 13.3. The molecule has 4 rings (SSSR count). The van der Waals surface area contributed by atoms with Crippen molar-refractivity contribution in [3.05, 3.63) is 84.8 Å². The third-order valence-electron chi connectivity index (χ3n) is 4.56. The fourth-order valence-corrected chi connectivity index (χ4v) is 4.44. The fraction of sp³-hybridized carbons (Fsp3) is 0.0952. The molecule has 0 radical (unpaired) electrons. The summed E-state index contributed by atoms with van der Waals surface area (Å²) < 4.78 is 7.74. The number of thiophene rings is 1. The van der Waals surface area contributed by atoms with Gasteiger partial charge in [0.1, 0.15) is 17.0 Å². The Labute approximate surface area is 190 Å². The summed E-state index contributed by atoms with van der Waals surface area (Å²) in [6.07, 6.45) is 0. The van der Waals surface area contributed by atoms with Crippen LogP contribution in [0.1, 0.15) is 0 Å². The Morgan fingerprint density at radius 3 is 2.65 bits per heavy atom. The number of nitrogens with one attached hydrogen (secondary N) is 1. The third-order valence-corrected chi connectivity index (χ3v) is 5.98. The third kappa shape index (κ3) is 4.10. The first-order valence-electron chi connectivity index (χ1n) is 9.01. The number of carbonyl (C=O) groups is 1. The van der Waals surface area contributed by atoms with Gasteiger partial charge in [0.15, 0.2) is 0 Å². The van der Waals surface area contributed by atoms with Crippen molar-refractivity contribution in [2.45, 2.75) is 6.54 Å². The molecule has 0 aliphatic rings. The fourth-order valence-electron chi connectivity index (χ4n) is 3.17. The average molecular weight is 476 g/mol. The van der Waals surface area contributed by atoms with Crippen molar-refractivity contribution in [3.8, 4) is 11.4 Å². The number of benzene rings is 2. The normalized spacial score (nSPS) is 10.9. The lowest BCUT2D eigenvalue weighted by Crippen LogP contribution is -2.40. The van der Waals surface area contributed by atoms with Gasteiger partial charge in [0.2, 0.25) is 5.91 Å². The first-order valence-corrected chi connectivity index (χ1v) is 10.6. The monoisotopic (exact) mass is 475 g/mol. The number of hydrogen-bond donors (Lipinski definition) is 1. The van der Waals surface area contributed by atoms with Gasteiger partial charge >= 0.3 is 5.69 Å². The Morgan fingerprint density at radius 1 is 1.13 bits per heavy atom. The van der Waals surface area contributed by atoms with Crippen LogP contribution in [0, 0.1) is 0 Å². The zero-order valence-corrected chi connectivity index (χ0v) is 18.4. The van der Waals surface area contributed by atoms with E-state index in [4.69, 9.17) is 27.9 Å². The Kier molecular flexibility index (Phi) is 5.86. The van der Waals surface area contributed by atoms with E-state index in [1.165, 1.54) is 29.1 Å². The van der Waals surface area contributed by atoms with Gasteiger partial charge in [0.05, 0.1) is 23.3 Å². The van der Waals surface area contributed by atoms with E-state index in [-0.39, 0.29) is 6.54 Å². The summed E-state index contributed by atoms with van der Waals surface area (Å²) in [6.45, 7) is -0.295. The van der Waals surface area contributed by atoms with Gasteiger partial charge in [-0.05, 0) is 47.8 Å². The zero-order chi connectivity index (χ0) is 22.1. The quantitative estimate of drug-likeness (QED) is 0.469. The van der Waals surface area contributed by atoms with Crippen molar-refractivity contribution < 1.29 is 9.53 Å². The van der Waals surface area contributed by atoms with Gasteiger partial charge in [-0.3, -0.25) is 14.2 Å². The first-order chi connectivity index (χ1) is 14.9. The van der Waals surface area contributed by atoms with E-state index >= 15 is 0 Å². The molecule has 0 aliphatic heterocycles. The van der Waals surface area contributed by atoms with E-state index < -0.39 is 17.2 Å². The van der Waals surface area contributed by atoms with Crippen LogP contribution < -0.4 is 21.3 Å². The van der Waals surface area contributed by atoms with Crippen LogP contribution in [0.5, 0.6) is 5.75 Å². The molecule has 2 aromatic carbocycles. The van der Waals surface area contributed by atoms with Crippen LogP contribution in [0.15, 0.2) is 63.5 Å². The summed E-state index contributed by atoms with van der Waals surface area (Å²) in [5.41, 5.74) is 0.0700. The van der Waals surface area contributed by atoms with E-state index in [2.05, 4.69) is 5.32 Å². The van der Waals surface area contributed by atoms with E-state index in [1.54, 1.807) is 47.8 Å². The minimum Gasteiger partial charge on any atom is -0.495 e. The van der Waals surface area contributed by atoms with Crippen LogP contribution >= 0.6 is 34.5 Å². The molecule has 0 spiro atoms. The molecule has 1 N–H and O–H groups in total. The smallest absolute Gasteiger partial charge is 0.336 e. The zero-order valence-electron chi connectivity index (χ0n) is 16.1. The highest BCUT2D eigenvalue weighted by Gasteiger charge is 2.18. The molecule has 0 bridgehead atoms. The number of nitrogens with zero attached hydrogens (tertiary/aromatic N) is 2. The molecule has 4 aromatic rings. The van der Waals surface area contributed by atoms with E-state index in [0.717, 1.165) is 4.57 Å². The lowest BCUT2D eigenvalue weighted by molar-refractivity contribution is -0.116. The number of hydrogen-bond acceptors (Lipinski definition) is 5. The average Bonchev–Trinajstić information content (AvgIpc) is 3.22. The molecular weight excluding hydrogens is 461 g/mol. The molecule has 0 fully saturated rings. The minimum absolute atomic E-state index is 0.295. The Morgan fingerprint density at radius 2 is 1.94 bits per heavy atom. The maximum atomic E-state index is 13.2. The molecule has 31 heavy (non-hydrogen) atoms. The number of methoxy groups -OCH3 is 1. The molecule has 2 aromatic heterocycles. The topological polar surface area (TPSA) is 82.3 Å². The second-order valence-corrected chi connectivity index (χ2v) is 8.28. The van der Waals surface area contributed by atoms with Crippen molar-refractivity contribution in [1.29, 1.82) is 0 Å². The maximum Gasteiger partial charge on any atom is 0.336 e. The number of carbonyl (C=O) groups excluding carboxylic acids is 1. The van der Waals surface area contributed by atoms with E-state index in [9.17, 15) is 14.4 Å². The number of ether oxygens (including phenoxy) is 1. The molecular formula is C21H15Cl2N3O4S. The van der Waals surface area contributed by atoms with Crippen molar-refractivity contribution in [3.63, 3.8) is 0 Å². The molecule has 10 heteroatoms. The summed E-state index contributed by atoms with van der Waals surface area (Å²) in [5.74, 6) is 0.0246. The second-order valence-electron chi connectivity index (χ2n) is 6.52. The predicted molar refractivity (Wildman–Crippen MR) is 123 cm³/mol. The van der Waals surface area contributed by atoms with Crippen LogP contribution in [-0.2, 0) is 11.3 Å². The van der Waals surface area contributed by atoms with Crippen LogP contribution in [0.25, 0.3) is 15.9 Å². The molecule has 0 unspecified atom stereocenters. The molecule has 1 amide bonds. The molecule has 158 valence electrons. The molecule has 0 saturated heterocycles. The molecule has 2 heterocycles. The van der Waals surface area contributed by atoms with Gasteiger partial charge in [-0.1, -0.05) is 29.3 Å². The van der Waals surface area contributed by atoms with Crippen molar-refractivity contribution in [1.82, 2.24) is 9.13 Å². The summed E-state index contributed by atoms with van der Waals surface area (Å²) in [5, 5.41) is 5.13. The van der Waals surface area contributed by atoms with Crippen LogP contribution in [0.3, 0.4) is 0 Å². The largest absolute Gasteiger partial charge is 0.495 e. The van der Waals surface area contributed by atoms with Gasteiger partial charge in [-0.15, -0.1) is 11.3 Å². The van der Waals surface area contributed by atoms with Crippen LogP contribution in [-0.4, -0.2) is 22.2 Å². The number of fused-ring (bicyclic) bond motifs is 1. The van der Waals surface area contributed by atoms with Crippen molar-refractivity contribution >= 4 is 56.3 Å². The molecule has 0 saturated carbocycles. The van der Waals surface area contributed by atoms with Crippen LogP contribution in [0.2, 0.25) is 10.0 Å². The van der Waals surface area contributed by atoms with Gasteiger partial charge < -0.3 is 10.1 Å². The highest BCUT2D eigenvalue weighted by Crippen LogP contribution is 2.27. The van der Waals surface area contributed by atoms with E-state index in [1.807, 2.05) is 0 Å². The molecule has 0 atom stereocenters. The maximum absolute atomic E-state index is 13.2. The molecule has 7 nitrogen and oxygen atoms in total. The predicted octanol–water partition coefficient (Wildman–Crippen LogP) is 4.17. The van der Waals surface area contributed by atoms with Gasteiger partial charge in [0.25, 0.3) is 5.56 Å². The first kappa shape index (κ1) is 21.2. The Bertz CT molecular complexity index is 1420. The standard InChI is InChI=1S/C21H15Cl2N3O4S/c1-30-17-6-5-13(10-15(17)23)24-18(27)11-25-16-7-8-31-19(16)20(28)26(21(25)29)14-4-2-3-12(22)9-14/h2-10H,11H2,1H3,(H,24,27). The minimum atomic E-state index is -0.638. The molecule has 0 aliphatic carbocycles. The van der Waals surface area contributed by atoms with E-state index in [0.29, 0.717) is 37.4 Å². The number of rotatable bonds is 5. The number of aromatic nitrogens is 2.